The number of nitrogens with zero attached hydrogens (tertiary/aromatic N) is 2. The SMILES string of the molecule is Cc1noc(CNC(=O)C(C)(C)O)n1. The fraction of sp³-hybridized carbons (Fsp3) is 0.625. The van der Waals surface area contributed by atoms with Gasteiger partial charge in [-0.25, -0.2) is 0 Å². The van der Waals surface area contributed by atoms with Gasteiger partial charge < -0.3 is 14.9 Å². The molecule has 6 heteroatoms. The molecule has 0 unspecified atom stereocenters. The van der Waals surface area contributed by atoms with E-state index in [9.17, 15) is 9.90 Å². The minimum absolute atomic E-state index is 0.129. The van der Waals surface area contributed by atoms with Crippen LogP contribution in [0.25, 0.3) is 0 Å². The highest BCUT2D eigenvalue weighted by Gasteiger charge is 2.23. The Morgan fingerprint density at radius 3 is 2.71 bits per heavy atom. The van der Waals surface area contributed by atoms with Crippen LogP contribution in [-0.2, 0) is 11.3 Å². The van der Waals surface area contributed by atoms with Gasteiger partial charge in [-0.05, 0) is 20.8 Å². The molecule has 0 saturated heterocycles. The average Bonchev–Trinajstić information content (AvgIpc) is 2.45. The molecule has 0 aliphatic heterocycles. The summed E-state index contributed by atoms with van der Waals surface area (Å²) in [5, 5.41) is 15.3. The highest BCUT2D eigenvalue weighted by Crippen LogP contribution is 2.01. The van der Waals surface area contributed by atoms with Crippen LogP contribution < -0.4 is 5.32 Å². The van der Waals surface area contributed by atoms with Gasteiger partial charge in [-0.3, -0.25) is 4.79 Å². The topological polar surface area (TPSA) is 88.2 Å². The summed E-state index contributed by atoms with van der Waals surface area (Å²) >= 11 is 0. The first-order valence-corrected chi connectivity index (χ1v) is 4.19. The Labute approximate surface area is 81.3 Å². The van der Waals surface area contributed by atoms with E-state index in [0.717, 1.165) is 0 Å². The van der Waals surface area contributed by atoms with Crippen LogP contribution in [0.5, 0.6) is 0 Å². The number of nitrogens with one attached hydrogen (secondary N) is 1. The van der Waals surface area contributed by atoms with Crippen LogP contribution in [-0.4, -0.2) is 26.8 Å². The summed E-state index contributed by atoms with van der Waals surface area (Å²) in [4.78, 5) is 15.1. The van der Waals surface area contributed by atoms with Gasteiger partial charge in [-0.1, -0.05) is 5.16 Å². The summed E-state index contributed by atoms with van der Waals surface area (Å²) in [7, 11) is 0. The maximum absolute atomic E-state index is 11.2. The molecule has 0 bridgehead atoms. The molecular weight excluding hydrogens is 186 g/mol. The Hall–Kier alpha value is -1.43. The molecule has 0 fully saturated rings. The third-order valence-corrected chi connectivity index (χ3v) is 1.53. The summed E-state index contributed by atoms with van der Waals surface area (Å²) in [6.45, 7) is 4.62. The summed E-state index contributed by atoms with van der Waals surface area (Å²) < 4.78 is 4.77. The van der Waals surface area contributed by atoms with Crippen molar-refractivity contribution in [3.05, 3.63) is 11.7 Å². The Morgan fingerprint density at radius 1 is 1.64 bits per heavy atom. The van der Waals surface area contributed by atoms with E-state index < -0.39 is 11.5 Å². The minimum Gasteiger partial charge on any atom is -0.381 e. The highest BCUT2D eigenvalue weighted by molar-refractivity contribution is 5.83. The van der Waals surface area contributed by atoms with Gasteiger partial charge in [-0.2, -0.15) is 4.98 Å². The number of hydrogen-bond donors (Lipinski definition) is 2. The number of carbonyl (C=O) groups is 1. The van der Waals surface area contributed by atoms with E-state index in [-0.39, 0.29) is 6.54 Å². The zero-order chi connectivity index (χ0) is 10.8. The number of amides is 1. The molecule has 0 saturated carbocycles. The largest absolute Gasteiger partial charge is 0.381 e. The standard InChI is InChI=1S/C8H13N3O3/c1-5-10-6(14-11-5)4-9-7(12)8(2,3)13/h13H,4H2,1-3H3,(H,9,12). The monoisotopic (exact) mass is 199 g/mol. The number of rotatable bonds is 3. The van der Waals surface area contributed by atoms with Crippen LogP contribution in [0.2, 0.25) is 0 Å². The molecule has 1 heterocycles. The molecular formula is C8H13N3O3. The lowest BCUT2D eigenvalue weighted by atomic mass is 10.1. The van der Waals surface area contributed by atoms with Crippen LogP contribution in [0.4, 0.5) is 0 Å². The minimum atomic E-state index is -1.39. The molecule has 0 atom stereocenters. The maximum atomic E-state index is 11.2. The molecule has 1 aromatic rings. The molecule has 1 aromatic heterocycles. The smallest absolute Gasteiger partial charge is 0.251 e. The first-order valence-electron chi connectivity index (χ1n) is 4.19. The van der Waals surface area contributed by atoms with E-state index in [2.05, 4.69) is 15.5 Å². The zero-order valence-electron chi connectivity index (χ0n) is 8.37. The first kappa shape index (κ1) is 10.6. The van der Waals surface area contributed by atoms with Crippen molar-refractivity contribution in [3.8, 4) is 0 Å². The van der Waals surface area contributed by atoms with E-state index in [4.69, 9.17) is 4.52 Å². The lowest BCUT2D eigenvalue weighted by Gasteiger charge is -2.15. The van der Waals surface area contributed by atoms with Crippen molar-refractivity contribution in [1.82, 2.24) is 15.5 Å². The second-order valence-electron chi connectivity index (χ2n) is 3.48. The predicted molar refractivity (Wildman–Crippen MR) is 47.2 cm³/mol. The van der Waals surface area contributed by atoms with Gasteiger partial charge in [0.2, 0.25) is 5.89 Å². The molecule has 14 heavy (non-hydrogen) atoms. The van der Waals surface area contributed by atoms with Crippen molar-refractivity contribution in [1.29, 1.82) is 0 Å². The van der Waals surface area contributed by atoms with E-state index in [1.54, 1.807) is 6.92 Å². The first-order chi connectivity index (χ1) is 6.39. The van der Waals surface area contributed by atoms with Gasteiger partial charge in [0.25, 0.3) is 5.91 Å². The van der Waals surface area contributed by atoms with Gasteiger partial charge in [-0.15, -0.1) is 0 Å². The van der Waals surface area contributed by atoms with Gasteiger partial charge in [0.05, 0.1) is 6.54 Å². The van der Waals surface area contributed by atoms with Crippen molar-refractivity contribution in [2.45, 2.75) is 32.9 Å². The number of aliphatic hydroxyl groups is 1. The van der Waals surface area contributed by atoms with Gasteiger partial charge in [0.1, 0.15) is 5.60 Å². The Balaban J connectivity index is 2.46. The van der Waals surface area contributed by atoms with Crippen molar-refractivity contribution in [2.24, 2.45) is 0 Å². The van der Waals surface area contributed by atoms with Crippen molar-refractivity contribution >= 4 is 5.91 Å². The lowest BCUT2D eigenvalue weighted by molar-refractivity contribution is -0.136. The van der Waals surface area contributed by atoms with Crippen molar-refractivity contribution in [3.63, 3.8) is 0 Å². The molecule has 2 N–H and O–H groups in total. The van der Waals surface area contributed by atoms with Gasteiger partial charge >= 0.3 is 0 Å². The van der Waals surface area contributed by atoms with Gasteiger partial charge in [0, 0.05) is 0 Å². The lowest BCUT2D eigenvalue weighted by Crippen LogP contribution is -2.41. The molecule has 0 aliphatic carbocycles. The number of aromatic nitrogens is 2. The van der Waals surface area contributed by atoms with Crippen LogP contribution in [0.3, 0.4) is 0 Å². The van der Waals surface area contributed by atoms with Crippen LogP contribution in [0, 0.1) is 6.92 Å². The average molecular weight is 199 g/mol. The Bertz CT molecular complexity index is 327. The fourth-order valence-electron chi connectivity index (χ4n) is 0.784. The second-order valence-corrected chi connectivity index (χ2v) is 3.48. The Morgan fingerprint density at radius 2 is 2.29 bits per heavy atom. The molecule has 0 radical (unpaired) electrons. The predicted octanol–water partition coefficient (Wildman–Crippen LogP) is -0.235. The van der Waals surface area contributed by atoms with Crippen LogP contribution >= 0.6 is 0 Å². The fourth-order valence-corrected chi connectivity index (χ4v) is 0.784. The number of hydrogen-bond acceptors (Lipinski definition) is 5. The summed E-state index contributed by atoms with van der Waals surface area (Å²) in [5.41, 5.74) is -1.39. The zero-order valence-corrected chi connectivity index (χ0v) is 8.37. The molecule has 1 rings (SSSR count). The van der Waals surface area contributed by atoms with Crippen molar-refractivity contribution < 1.29 is 14.4 Å². The van der Waals surface area contributed by atoms with Crippen LogP contribution in [0.15, 0.2) is 4.52 Å². The van der Waals surface area contributed by atoms with Gasteiger partial charge in [0.15, 0.2) is 5.82 Å². The molecule has 0 aliphatic rings. The number of aryl methyl sites for hydroxylation is 1. The molecule has 6 nitrogen and oxygen atoms in total. The molecule has 1 amide bonds. The quantitative estimate of drug-likeness (QED) is 0.701. The summed E-state index contributed by atoms with van der Waals surface area (Å²) in [6.07, 6.45) is 0. The van der Waals surface area contributed by atoms with E-state index in [1.165, 1.54) is 13.8 Å². The maximum Gasteiger partial charge on any atom is 0.251 e. The summed E-state index contributed by atoms with van der Waals surface area (Å²) in [6, 6.07) is 0. The van der Waals surface area contributed by atoms with E-state index in [1.807, 2.05) is 0 Å². The van der Waals surface area contributed by atoms with E-state index >= 15 is 0 Å². The molecule has 0 spiro atoms. The summed E-state index contributed by atoms with van der Waals surface area (Å²) in [5.74, 6) is 0.353. The molecule has 78 valence electrons. The molecule has 0 aromatic carbocycles. The number of carbonyl (C=O) groups excluding carboxylic acids is 1. The normalized spacial score (nSPS) is 11.4. The third-order valence-electron chi connectivity index (χ3n) is 1.53. The second kappa shape index (κ2) is 3.75. The van der Waals surface area contributed by atoms with Crippen LogP contribution in [0.1, 0.15) is 25.6 Å². The highest BCUT2D eigenvalue weighted by atomic mass is 16.5. The van der Waals surface area contributed by atoms with E-state index in [0.29, 0.717) is 11.7 Å². The van der Waals surface area contributed by atoms with Crippen molar-refractivity contribution in [2.75, 3.05) is 0 Å². The Kier molecular flexibility index (Phi) is 2.85. The third kappa shape index (κ3) is 2.81.